The smallest absolute Gasteiger partial charge is 0.203 e. The molecule has 2 aromatic rings. The number of hydrogen-bond donors (Lipinski definition) is 0. The molecule has 0 radical (unpaired) electrons. The van der Waals surface area contributed by atoms with E-state index in [0.717, 1.165) is 16.0 Å². The van der Waals surface area contributed by atoms with Crippen LogP contribution in [0.15, 0.2) is 35.7 Å². The highest BCUT2D eigenvalue weighted by Gasteiger charge is 2.13. The molecule has 2 rings (SSSR count). The summed E-state index contributed by atoms with van der Waals surface area (Å²) in [6, 6.07) is 9.93. The third kappa shape index (κ3) is 2.47. The maximum Gasteiger partial charge on any atom is 0.203 e. The topological polar surface area (TPSA) is 17.1 Å². The third-order valence-electron chi connectivity index (χ3n) is 2.91. The third-order valence-corrected chi connectivity index (χ3v) is 3.92. The summed E-state index contributed by atoms with van der Waals surface area (Å²) < 4.78 is 0. The van der Waals surface area contributed by atoms with E-state index in [-0.39, 0.29) is 5.78 Å². The minimum atomic E-state index is 0.132. The van der Waals surface area contributed by atoms with Crippen molar-refractivity contribution in [1.29, 1.82) is 0 Å². The minimum absolute atomic E-state index is 0.132. The van der Waals surface area contributed by atoms with Gasteiger partial charge in [-0.2, -0.15) is 0 Å². The number of benzene rings is 1. The summed E-state index contributed by atoms with van der Waals surface area (Å²) in [5.74, 6) is 0.635. The van der Waals surface area contributed by atoms with Crippen molar-refractivity contribution in [1.82, 2.24) is 0 Å². The average molecular weight is 244 g/mol. The highest BCUT2D eigenvalue weighted by atomic mass is 32.1. The molecule has 0 aliphatic carbocycles. The fraction of sp³-hybridized carbons (Fsp3) is 0.267. The molecule has 0 atom stereocenters. The van der Waals surface area contributed by atoms with Gasteiger partial charge in [0.05, 0.1) is 4.88 Å². The predicted octanol–water partition coefficient (Wildman–Crippen LogP) is 4.41. The molecule has 0 amide bonds. The summed E-state index contributed by atoms with van der Waals surface area (Å²) in [4.78, 5) is 13.1. The molecule has 1 aromatic heterocycles. The second kappa shape index (κ2) is 4.84. The lowest BCUT2D eigenvalue weighted by Crippen LogP contribution is -2.00. The Morgan fingerprint density at radius 1 is 1.12 bits per heavy atom. The first-order valence-corrected chi connectivity index (χ1v) is 6.66. The Morgan fingerprint density at radius 2 is 1.76 bits per heavy atom. The monoisotopic (exact) mass is 244 g/mol. The van der Waals surface area contributed by atoms with Crippen LogP contribution in [0.1, 0.15) is 46.1 Å². The number of thiophene rings is 1. The normalized spacial score (nSPS) is 10.8. The predicted molar refractivity (Wildman–Crippen MR) is 73.0 cm³/mol. The summed E-state index contributed by atoms with van der Waals surface area (Å²) in [7, 11) is 0. The van der Waals surface area contributed by atoms with Crippen LogP contribution in [0.2, 0.25) is 0 Å². The van der Waals surface area contributed by atoms with Crippen molar-refractivity contribution in [3.63, 3.8) is 0 Å². The van der Waals surface area contributed by atoms with Gasteiger partial charge in [-0.25, -0.2) is 0 Å². The Bertz CT molecular complexity index is 520. The SMILES string of the molecule is Cc1ccsc1C(=O)c1ccc(C(C)C)cc1. The van der Waals surface area contributed by atoms with Crippen molar-refractivity contribution in [2.24, 2.45) is 0 Å². The van der Waals surface area contributed by atoms with E-state index >= 15 is 0 Å². The van der Waals surface area contributed by atoms with Crippen LogP contribution in [-0.4, -0.2) is 5.78 Å². The van der Waals surface area contributed by atoms with E-state index in [9.17, 15) is 4.79 Å². The van der Waals surface area contributed by atoms with Crippen molar-refractivity contribution in [2.75, 3.05) is 0 Å². The first-order valence-electron chi connectivity index (χ1n) is 5.78. The molecule has 1 heterocycles. The van der Waals surface area contributed by atoms with E-state index in [0.29, 0.717) is 5.92 Å². The summed E-state index contributed by atoms with van der Waals surface area (Å²) >= 11 is 1.51. The Balaban J connectivity index is 2.29. The van der Waals surface area contributed by atoms with E-state index in [1.54, 1.807) is 0 Å². The van der Waals surface area contributed by atoms with E-state index in [2.05, 4.69) is 13.8 Å². The first kappa shape index (κ1) is 12.1. The van der Waals surface area contributed by atoms with Crippen LogP contribution in [0.4, 0.5) is 0 Å². The highest BCUT2D eigenvalue weighted by molar-refractivity contribution is 7.12. The molecular formula is C15H16OS. The standard InChI is InChI=1S/C15H16OS/c1-10(2)12-4-6-13(7-5-12)14(16)15-11(3)8-9-17-15/h4-10H,1-3H3. The van der Waals surface area contributed by atoms with Gasteiger partial charge in [0.2, 0.25) is 5.78 Å². The minimum Gasteiger partial charge on any atom is -0.288 e. The van der Waals surface area contributed by atoms with Gasteiger partial charge in [-0.05, 0) is 35.4 Å². The van der Waals surface area contributed by atoms with Gasteiger partial charge >= 0.3 is 0 Å². The lowest BCUT2D eigenvalue weighted by atomic mass is 10.00. The molecular weight excluding hydrogens is 228 g/mol. The van der Waals surface area contributed by atoms with Crippen molar-refractivity contribution < 1.29 is 4.79 Å². The zero-order chi connectivity index (χ0) is 12.4. The summed E-state index contributed by atoms with van der Waals surface area (Å²) in [5.41, 5.74) is 3.11. The Morgan fingerprint density at radius 3 is 2.24 bits per heavy atom. The molecule has 17 heavy (non-hydrogen) atoms. The van der Waals surface area contributed by atoms with Crippen LogP contribution in [0, 0.1) is 6.92 Å². The van der Waals surface area contributed by atoms with E-state index < -0.39 is 0 Å². The van der Waals surface area contributed by atoms with Crippen LogP contribution < -0.4 is 0 Å². The zero-order valence-electron chi connectivity index (χ0n) is 10.4. The molecule has 0 saturated carbocycles. The maximum atomic E-state index is 12.2. The molecule has 1 nitrogen and oxygen atoms in total. The van der Waals surface area contributed by atoms with Crippen LogP contribution in [0.25, 0.3) is 0 Å². The highest BCUT2D eigenvalue weighted by Crippen LogP contribution is 2.21. The fourth-order valence-electron chi connectivity index (χ4n) is 1.76. The van der Waals surface area contributed by atoms with Gasteiger partial charge in [-0.15, -0.1) is 11.3 Å². The molecule has 0 saturated heterocycles. The van der Waals surface area contributed by atoms with E-state index in [1.807, 2.05) is 42.6 Å². The van der Waals surface area contributed by atoms with Crippen molar-refractivity contribution >= 4 is 17.1 Å². The quantitative estimate of drug-likeness (QED) is 0.731. The van der Waals surface area contributed by atoms with Gasteiger partial charge in [0, 0.05) is 5.56 Å². The molecule has 88 valence electrons. The Kier molecular flexibility index (Phi) is 3.43. The van der Waals surface area contributed by atoms with Crippen molar-refractivity contribution in [2.45, 2.75) is 26.7 Å². The average Bonchev–Trinajstić information content (AvgIpc) is 2.74. The second-order valence-electron chi connectivity index (χ2n) is 4.54. The van der Waals surface area contributed by atoms with Gasteiger partial charge in [-0.1, -0.05) is 38.1 Å². The van der Waals surface area contributed by atoms with Gasteiger partial charge in [0.25, 0.3) is 0 Å². The summed E-state index contributed by atoms with van der Waals surface area (Å²) in [5, 5.41) is 1.96. The lowest BCUT2D eigenvalue weighted by molar-refractivity contribution is 0.104. The molecule has 0 bridgehead atoms. The number of ketones is 1. The van der Waals surface area contributed by atoms with Gasteiger partial charge in [0.15, 0.2) is 0 Å². The van der Waals surface area contributed by atoms with Crippen LogP contribution in [0.3, 0.4) is 0 Å². The number of carbonyl (C=O) groups is 1. The molecule has 0 N–H and O–H groups in total. The zero-order valence-corrected chi connectivity index (χ0v) is 11.2. The second-order valence-corrected chi connectivity index (χ2v) is 5.45. The molecule has 0 unspecified atom stereocenters. The Labute approximate surface area is 106 Å². The van der Waals surface area contributed by atoms with Crippen LogP contribution in [-0.2, 0) is 0 Å². The molecule has 0 aliphatic heterocycles. The largest absolute Gasteiger partial charge is 0.288 e. The van der Waals surface area contributed by atoms with E-state index in [4.69, 9.17) is 0 Å². The molecule has 0 spiro atoms. The molecule has 0 aliphatic rings. The maximum absolute atomic E-state index is 12.2. The van der Waals surface area contributed by atoms with Crippen LogP contribution in [0.5, 0.6) is 0 Å². The number of carbonyl (C=O) groups excluding carboxylic acids is 1. The van der Waals surface area contributed by atoms with Crippen molar-refractivity contribution in [3.05, 3.63) is 57.3 Å². The van der Waals surface area contributed by atoms with Crippen LogP contribution >= 0.6 is 11.3 Å². The van der Waals surface area contributed by atoms with E-state index in [1.165, 1.54) is 16.9 Å². The first-order chi connectivity index (χ1) is 8.09. The Hall–Kier alpha value is -1.41. The van der Waals surface area contributed by atoms with Gasteiger partial charge in [-0.3, -0.25) is 4.79 Å². The van der Waals surface area contributed by atoms with Crippen molar-refractivity contribution in [3.8, 4) is 0 Å². The number of aryl methyl sites for hydroxylation is 1. The summed E-state index contributed by atoms with van der Waals surface area (Å²) in [6.45, 7) is 6.28. The number of rotatable bonds is 3. The summed E-state index contributed by atoms with van der Waals surface area (Å²) in [6.07, 6.45) is 0. The van der Waals surface area contributed by atoms with Gasteiger partial charge < -0.3 is 0 Å². The number of hydrogen-bond acceptors (Lipinski definition) is 2. The lowest BCUT2D eigenvalue weighted by Gasteiger charge is -2.06. The molecule has 1 aromatic carbocycles. The molecule has 0 fully saturated rings. The van der Waals surface area contributed by atoms with Gasteiger partial charge in [0.1, 0.15) is 0 Å². The molecule has 2 heteroatoms. The fourth-order valence-corrected chi connectivity index (χ4v) is 2.64.